The first-order valence-electron chi connectivity index (χ1n) is 10.1. The third-order valence-corrected chi connectivity index (χ3v) is 5.93. The quantitative estimate of drug-likeness (QED) is 0.402. The molecule has 0 saturated heterocycles. The van der Waals surface area contributed by atoms with Crippen molar-refractivity contribution in [2.24, 2.45) is 0 Å². The van der Waals surface area contributed by atoms with Crippen LogP contribution in [-0.4, -0.2) is 28.8 Å². The predicted molar refractivity (Wildman–Crippen MR) is 125 cm³/mol. The van der Waals surface area contributed by atoms with E-state index < -0.39 is 0 Å². The third kappa shape index (κ3) is 4.37. The molecule has 2 aromatic carbocycles. The van der Waals surface area contributed by atoms with Gasteiger partial charge in [-0.1, -0.05) is 36.0 Å². The summed E-state index contributed by atoms with van der Waals surface area (Å²) in [6.07, 6.45) is 5.19. The number of pyridine rings is 1. The minimum absolute atomic E-state index is 0.406. The van der Waals surface area contributed by atoms with Crippen LogP contribution in [0.2, 0.25) is 0 Å². The maximum Gasteiger partial charge on any atom is 0.219 e. The Morgan fingerprint density at radius 3 is 2.66 bits per heavy atom. The molecule has 5 rings (SSSR count). The highest BCUT2D eigenvalue weighted by molar-refractivity contribution is 7.99. The summed E-state index contributed by atoms with van der Waals surface area (Å²) in [4.78, 5) is 16.5. The zero-order chi connectivity index (χ0) is 21.8. The van der Waals surface area contributed by atoms with Crippen molar-refractivity contribution in [1.82, 2.24) is 15.0 Å². The number of nitrogens with one attached hydrogen (secondary N) is 1. The van der Waals surface area contributed by atoms with E-state index in [0.29, 0.717) is 19.2 Å². The standard InChI is InChI=1S/C24H21N5O2S/c1-30-16-29-20-13-17(7-9-21(20)32-24-23(29)25-11-12-26-24)14-27-18-8-10-22(28-15-18)31-19-5-3-2-4-6-19/h2-13,15,27H,14,16H2,1H3. The highest BCUT2D eigenvalue weighted by Gasteiger charge is 2.25. The van der Waals surface area contributed by atoms with Gasteiger partial charge < -0.3 is 14.8 Å². The molecule has 0 saturated carbocycles. The van der Waals surface area contributed by atoms with Crippen LogP contribution < -0.4 is 15.0 Å². The van der Waals surface area contributed by atoms with E-state index in [9.17, 15) is 0 Å². The maximum absolute atomic E-state index is 5.75. The van der Waals surface area contributed by atoms with E-state index in [0.717, 1.165) is 38.4 Å². The fraction of sp³-hybridized carbons (Fsp3) is 0.125. The molecule has 0 unspecified atom stereocenters. The van der Waals surface area contributed by atoms with Crippen molar-refractivity contribution in [3.63, 3.8) is 0 Å². The Kier molecular flexibility index (Phi) is 5.87. The number of anilines is 3. The van der Waals surface area contributed by atoms with Crippen LogP contribution in [0.5, 0.6) is 11.6 Å². The Morgan fingerprint density at radius 2 is 1.84 bits per heavy atom. The summed E-state index contributed by atoms with van der Waals surface area (Å²) in [7, 11) is 1.68. The molecule has 0 bridgehead atoms. The Morgan fingerprint density at radius 1 is 0.969 bits per heavy atom. The average molecular weight is 444 g/mol. The Hall–Kier alpha value is -3.62. The van der Waals surface area contributed by atoms with Crippen LogP contribution in [0.25, 0.3) is 0 Å². The molecule has 32 heavy (non-hydrogen) atoms. The molecule has 1 aliphatic rings. The van der Waals surface area contributed by atoms with Gasteiger partial charge in [-0.15, -0.1) is 0 Å². The summed E-state index contributed by atoms with van der Waals surface area (Å²) in [6.45, 7) is 1.07. The SMILES string of the molecule is COCN1c2cc(CNc3ccc(Oc4ccccc4)nc3)ccc2Sc2nccnc21. The normalized spacial score (nSPS) is 12.1. The van der Waals surface area contributed by atoms with E-state index in [1.54, 1.807) is 37.5 Å². The third-order valence-electron chi connectivity index (χ3n) is 4.88. The minimum atomic E-state index is 0.406. The van der Waals surface area contributed by atoms with Gasteiger partial charge in [0.1, 0.15) is 17.5 Å². The molecule has 0 spiro atoms. The molecule has 2 aromatic heterocycles. The Bertz CT molecular complexity index is 1200. The molecular formula is C24H21N5O2S. The first-order chi connectivity index (χ1) is 15.8. The van der Waals surface area contributed by atoms with Crippen LogP contribution in [0.4, 0.5) is 17.2 Å². The molecule has 0 fully saturated rings. The number of hydrogen-bond donors (Lipinski definition) is 1. The van der Waals surface area contributed by atoms with Crippen molar-refractivity contribution in [2.45, 2.75) is 16.5 Å². The summed E-state index contributed by atoms with van der Waals surface area (Å²) in [5.41, 5.74) is 3.12. The minimum Gasteiger partial charge on any atom is -0.439 e. The van der Waals surface area contributed by atoms with Gasteiger partial charge in [-0.2, -0.15) is 0 Å². The highest BCUT2D eigenvalue weighted by Crippen LogP contribution is 2.46. The zero-order valence-corrected chi connectivity index (χ0v) is 18.2. The number of methoxy groups -OCH3 is 1. The topological polar surface area (TPSA) is 72.4 Å². The van der Waals surface area contributed by atoms with Crippen molar-refractivity contribution in [2.75, 3.05) is 24.1 Å². The van der Waals surface area contributed by atoms with Crippen LogP contribution in [0.1, 0.15) is 5.56 Å². The van der Waals surface area contributed by atoms with Crippen LogP contribution in [0, 0.1) is 0 Å². The number of rotatable bonds is 7. The lowest BCUT2D eigenvalue weighted by molar-refractivity contribution is 0.204. The van der Waals surface area contributed by atoms with Gasteiger partial charge in [-0.3, -0.25) is 4.90 Å². The smallest absolute Gasteiger partial charge is 0.219 e. The number of para-hydroxylation sites is 1. The molecule has 3 heterocycles. The summed E-state index contributed by atoms with van der Waals surface area (Å²) in [5.74, 6) is 2.14. The van der Waals surface area contributed by atoms with E-state index in [4.69, 9.17) is 9.47 Å². The zero-order valence-electron chi connectivity index (χ0n) is 17.4. The van der Waals surface area contributed by atoms with Gasteiger partial charge in [0.25, 0.3) is 0 Å². The number of ether oxygens (including phenoxy) is 2. The lowest BCUT2D eigenvalue weighted by Crippen LogP contribution is -2.24. The number of fused-ring (bicyclic) bond motifs is 2. The van der Waals surface area contributed by atoms with Gasteiger partial charge in [0.2, 0.25) is 5.88 Å². The predicted octanol–water partition coefficient (Wildman–Crippen LogP) is 5.48. The molecule has 8 heteroatoms. The highest BCUT2D eigenvalue weighted by atomic mass is 32.2. The van der Waals surface area contributed by atoms with Gasteiger partial charge >= 0.3 is 0 Å². The van der Waals surface area contributed by atoms with Crippen molar-refractivity contribution >= 4 is 29.0 Å². The molecule has 160 valence electrons. The van der Waals surface area contributed by atoms with E-state index in [2.05, 4.69) is 43.4 Å². The van der Waals surface area contributed by atoms with Crippen molar-refractivity contribution in [3.05, 3.63) is 84.8 Å². The molecule has 7 nitrogen and oxygen atoms in total. The fourth-order valence-corrected chi connectivity index (χ4v) is 4.37. The van der Waals surface area contributed by atoms with E-state index >= 15 is 0 Å². The second-order valence-electron chi connectivity index (χ2n) is 7.09. The number of aromatic nitrogens is 3. The molecule has 0 aliphatic carbocycles. The fourth-order valence-electron chi connectivity index (χ4n) is 3.38. The summed E-state index contributed by atoms with van der Waals surface area (Å²) in [6, 6.07) is 19.8. The van der Waals surface area contributed by atoms with E-state index in [1.807, 2.05) is 42.5 Å². The van der Waals surface area contributed by atoms with Crippen LogP contribution in [-0.2, 0) is 11.3 Å². The van der Waals surface area contributed by atoms with Crippen LogP contribution in [0.3, 0.4) is 0 Å². The Labute approximate surface area is 190 Å². The second kappa shape index (κ2) is 9.25. The summed E-state index contributed by atoms with van der Waals surface area (Å²) < 4.78 is 11.2. The van der Waals surface area contributed by atoms with E-state index in [1.165, 1.54) is 0 Å². The molecule has 0 radical (unpaired) electrons. The second-order valence-corrected chi connectivity index (χ2v) is 8.12. The van der Waals surface area contributed by atoms with Crippen molar-refractivity contribution in [1.29, 1.82) is 0 Å². The number of nitrogens with zero attached hydrogens (tertiary/aromatic N) is 4. The van der Waals surface area contributed by atoms with Gasteiger partial charge in [0.05, 0.1) is 17.6 Å². The summed E-state index contributed by atoms with van der Waals surface area (Å²) in [5, 5.41) is 4.30. The molecule has 1 aliphatic heterocycles. The molecule has 0 atom stereocenters. The van der Waals surface area contributed by atoms with Gasteiger partial charge in [-0.25, -0.2) is 15.0 Å². The van der Waals surface area contributed by atoms with E-state index in [-0.39, 0.29) is 0 Å². The van der Waals surface area contributed by atoms with Crippen molar-refractivity contribution in [3.8, 4) is 11.6 Å². The maximum atomic E-state index is 5.75. The van der Waals surface area contributed by atoms with Gasteiger partial charge in [0.15, 0.2) is 5.82 Å². The average Bonchev–Trinajstić information content (AvgIpc) is 2.84. The number of hydrogen-bond acceptors (Lipinski definition) is 8. The monoisotopic (exact) mass is 443 g/mol. The van der Waals surface area contributed by atoms with Gasteiger partial charge in [0, 0.05) is 37.0 Å². The van der Waals surface area contributed by atoms with Crippen molar-refractivity contribution < 1.29 is 9.47 Å². The lowest BCUT2D eigenvalue weighted by atomic mass is 10.1. The molecule has 1 N–H and O–H groups in total. The largest absolute Gasteiger partial charge is 0.439 e. The van der Waals surface area contributed by atoms with Gasteiger partial charge in [-0.05, 0) is 35.9 Å². The number of benzene rings is 2. The first kappa shape index (κ1) is 20.3. The Balaban J connectivity index is 1.28. The molecule has 0 amide bonds. The lowest BCUT2D eigenvalue weighted by Gasteiger charge is -2.30. The summed E-state index contributed by atoms with van der Waals surface area (Å²) >= 11 is 1.62. The molecular weight excluding hydrogens is 422 g/mol. The molecule has 4 aromatic rings. The van der Waals surface area contributed by atoms with Crippen LogP contribution in [0.15, 0.2) is 89.2 Å². The van der Waals surface area contributed by atoms with Crippen LogP contribution >= 0.6 is 11.8 Å². The first-order valence-corrected chi connectivity index (χ1v) is 10.9.